The average molecular weight is 311 g/mol. The number of H-pyrrole nitrogens is 1. The molecule has 0 aliphatic carbocycles. The maximum Gasteiger partial charge on any atom is 0.202 e. The van der Waals surface area contributed by atoms with Crippen LogP contribution in [0.3, 0.4) is 0 Å². The number of nitrogens with zero attached hydrogens (tertiary/aromatic N) is 5. The van der Waals surface area contributed by atoms with Crippen molar-refractivity contribution in [3.05, 3.63) is 59.8 Å². The first-order chi connectivity index (χ1) is 12.4. The zero-order valence-electron chi connectivity index (χ0n) is 14.9. The standard InChI is InChI=1S/C16H13FN6/c1-10-19-15(21-20-10)14-12-6-4-8-18-16(12)23(22-14)9-11-5-2-3-7-13(11)17/h2-8H,9H2,1H3,(H,19,20,21)/i1D3. The van der Waals surface area contributed by atoms with Gasteiger partial charge in [0.25, 0.3) is 0 Å². The van der Waals surface area contributed by atoms with Crippen LogP contribution < -0.4 is 0 Å². The van der Waals surface area contributed by atoms with Crippen LogP contribution >= 0.6 is 0 Å². The van der Waals surface area contributed by atoms with E-state index in [1.807, 2.05) is 0 Å². The molecule has 0 aliphatic rings. The molecular formula is C16H13FN6. The number of aromatic amines is 1. The van der Waals surface area contributed by atoms with Gasteiger partial charge in [0.2, 0.25) is 5.82 Å². The summed E-state index contributed by atoms with van der Waals surface area (Å²) in [7, 11) is 0. The monoisotopic (exact) mass is 311 g/mol. The van der Waals surface area contributed by atoms with E-state index in [0.29, 0.717) is 22.3 Å². The van der Waals surface area contributed by atoms with Crippen molar-refractivity contribution < 1.29 is 8.50 Å². The Balaban J connectivity index is 1.82. The molecule has 0 aliphatic heterocycles. The number of hydrogen-bond donors (Lipinski definition) is 1. The fraction of sp³-hybridized carbons (Fsp3) is 0.125. The summed E-state index contributed by atoms with van der Waals surface area (Å²) in [5, 5.41) is 11.5. The first-order valence-electron chi connectivity index (χ1n) is 8.41. The molecule has 3 aromatic heterocycles. The smallest absolute Gasteiger partial charge is 0.202 e. The van der Waals surface area contributed by atoms with Gasteiger partial charge in [0, 0.05) is 15.9 Å². The zero-order valence-corrected chi connectivity index (χ0v) is 11.9. The lowest BCUT2D eigenvalue weighted by molar-refractivity contribution is 0.589. The third-order valence-electron chi connectivity index (χ3n) is 3.48. The van der Waals surface area contributed by atoms with Gasteiger partial charge in [-0.05, 0) is 25.1 Å². The first kappa shape index (κ1) is 10.6. The molecule has 1 N–H and O–H groups in total. The fourth-order valence-electron chi connectivity index (χ4n) is 2.44. The number of nitrogens with one attached hydrogen (secondary N) is 1. The molecule has 0 saturated heterocycles. The molecule has 3 heterocycles. The third-order valence-corrected chi connectivity index (χ3v) is 3.48. The molecule has 0 fully saturated rings. The van der Waals surface area contributed by atoms with Crippen molar-refractivity contribution in [2.45, 2.75) is 13.4 Å². The molecule has 114 valence electrons. The molecule has 7 heteroatoms. The number of rotatable bonds is 3. The van der Waals surface area contributed by atoms with Gasteiger partial charge in [-0.25, -0.2) is 19.0 Å². The molecule has 0 unspecified atom stereocenters. The van der Waals surface area contributed by atoms with Gasteiger partial charge in [0.1, 0.15) is 17.3 Å². The second-order valence-electron chi connectivity index (χ2n) is 4.98. The Labute approximate surface area is 135 Å². The molecule has 0 amide bonds. The number of benzene rings is 1. The number of hydrogen-bond acceptors (Lipinski definition) is 4. The van der Waals surface area contributed by atoms with Gasteiger partial charge in [0.05, 0.1) is 11.9 Å². The largest absolute Gasteiger partial charge is 0.263 e. The number of aryl methyl sites for hydroxylation is 1. The van der Waals surface area contributed by atoms with Crippen molar-refractivity contribution in [3.63, 3.8) is 0 Å². The van der Waals surface area contributed by atoms with Crippen LogP contribution in [0.15, 0.2) is 42.6 Å². The predicted octanol–water partition coefficient (Wildman–Crippen LogP) is 2.71. The van der Waals surface area contributed by atoms with Gasteiger partial charge in [0.15, 0.2) is 5.65 Å². The molecule has 0 spiro atoms. The minimum Gasteiger partial charge on any atom is -0.263 e. The maximum absolute atomic E-state index is 14.0. The first-order valence-corrected chi connectivity index (χ1v) is 6.91. The second-order valence-corrected chi connectivity index (χ2v) is 4.98. The van der Waals surface area contributed by atoms with Gasteiger partial charge in [-0.2, -0.15) is 10.2 Å². The van der Waals surface area contributed by atoms with Gasteiger partial charge in [-0.1, -0.05) is 18.2 Å². The van der Waals surface area contributed by atoms with Crippen LogP contribution in [-0.2, 0) is 6.54 Å². The predicted molar refractivity (Wildman–Crippen MR) is 83.1 cm³/mol. The molecule has 0 radical (unpaired) electrons. The highest BCUT2D eigenvalue weighted by Gasteiger charge is 2.17. The van der Waals surface area contributed by atoms with Crippen molar-refractivity contribution >= 4 is 11.0 Å². The summed E-state index contributed by atoms with van der Waals surface area (Å²) in [6.45, 7) is -2.22. The summed E-state index contributed by atoms with van der Waals surface area (Å²) in [4.78, 5) is 8.34. The summed E-state index contributed by atoms with van der Waals surface area (Å²) in [6, 6.07) is 9.94. The van der Waals surface area contributed by atoms with Crippen molar-refractivity contribution in [2.75, 3.05) is 0 Å². The summed E-state index contributed by atoms with van der Waals surface area (Å²) in [5.74, 6) is -0.397. The van der Waals surface area contributed by atoms with Gasteiger partial charge in [-0.15, -0.1) is 0 Å². The van der Waals surface area contributed by atoms with E-state index in [1.54, 1.807) is 41.2 Å². The lowest BCUT2D eigenvalue weighted by Crippen LogP contribution is -2.04. The Morgan fingerprint density at radius 3 is 3.00 bits per heavy atom. The molecule has 0 saturated carbocycles. The minimum absolute atomic E-state index is 0.154. The van der Waals surface area contributed by atoms with E-state index in [4.69, 9.17) is 4.11 Å². The molecule has 0 bridgehead atoms. The molecule has 4 aromatic rings. The topological polar surface area (TPSA) is 72.3 Å². The number of pyridine rings is 1. The van der Waals surface area contributed by atoms with E-state index in [9.17, 15) is 4.39 Å². The van der Waals surface area contributed by atoms with Crippen LogP contribution in [0.25, 0.3) is 22.6 Å². The normalized spacial score (nSPS) is 13.7. The fourth-order valence-corrected chi connectivity index (χ4v) is 2.44. The van der Waals surface area contributed by atoms with E-state index in [-0.39, 0.29) is 24.0 Å². The Hall–Kier alpha value is -3.09. The quantitative estimate of drug-likeness (QED) is 0.631. The van der Waals surface area contributed by atoms with E-state index in [1.165, 1.54) is 6.07 Å². The number of fused-ring (bicyclic) bond motifs is 1. The SMILES string of the molecule is [2H]C([2H])([2H])c1nc(-c2nn(Cc3ccccc3F)c3ncccc23)n[nH]1. The van der Waals surface area contributed by atoms with Gasteiger partial charge >= 0.3 is 0 Å². The van der Waals surface area contributed by atoms with E-state index >= 15 is 0 Å². The zero-order chi connectivity index (χ0) is 18.3. The molecular weight excluding hydrogens is 295 g/mol. The molecule has 4 rings (SSSR count). The lowest BCUT2D eigenvalue weighted by Gasteiger charge is -2.04. The molecule has 0 atom stereocenters. The Kier molecular flexibility index (Phi) is 2.43. The van der Waals surface area contributed by atoms with Crippen molar-refractivity contribution in [3.8, 4) is 11.5 Å². The highest BCUT2D eigenvalue weighted by molar-refractivity contribution is 5.89. The Morgan fingerprint density at radius 1 is 1.26 bits per heavy atom. The van der Waals surface area contributed by atoms with Crippen LogP contribution in [0.1, 0.15) is 15.5 Å². The second kappa shape index (κ2) is 5.28. The van der Waals surface area contributed by atoms with E-state index < -0.39 is 6.85 Å². The van der Waals surface area contributed by atoms with E-state index in [2.05, 4.69) is 25.3 Å². The minimum atomic E-state index is -2.39. The van der Waals surface area contributed by atoms with Crippen molar-refractivity contribution in [1.82, 2.24) is 29.9 Å². The summed E-state index contributed by atoms with van der Waals surface area (Å²) in [6.07, 6.45) is 1.61. The Morgan fingerprint density at radius 2 is 2.17 bits per heavy atom. The van der Waals surface area contributed by atoms with Crippen LogP contribution in [0.5, 0.6) is 0 Å². The third kappa shape index (κ3) is 2.36. The van der Waals surface area contributed by atoms with Crippen LogP contribution in [0.2, 0.25) is 0 Å². The lowest BCUT2D eigenvalue weighted by atomic mass is 10.2. The summed E-state index contributed by atoms with van der Waals surface area (Å²) < 4.78 is 37.8. The highest BCUT2D eigenvalue weighted by atomic mass is 19.1. The summed E-state index contributed by atoms with van der Waals surface area (Å²) >= 11 is 0. The maximum atomic E-state index is 14.0. The van der Waals surface area contributed by atoms with Crippen molar-refractivity contribution in [2.24, 2.45) is 0 Å². The molecule has 1 aromatic carbocycles. The molecule has 23 heavy (non-hydrogen) atoms. The average Bonchev–Trinajstić information content (AvgIpc) is 3.22. The van der Waals surface area contributed by atoms with Crippen LogP contribution in [0.4, 0.5) is 4.39 Å². The number of aromatic nitrogens is 6. The molecule has 6 nitrogen and oxygen atoms in total. The summed E-state index contributed by atoms with van der Waals surface area (Å²) in [5.41, 5.74) is 1.38. The van der Waals surface area contributed by atoms with Gasteiger partial charge < -0.3 is 0 Å². The Bertz CT molecular complexity index is 1080. The van der Waals surface area contributed by atoms with Gasteiger partial charge in [-0.3, -0.25) is 5.10 Å². The van der Waals surface area contributed by atoms with Crippen LogP contribution in [0, 0.1) is 12.7 Å². The number of halogens is 1. The highest BCUT2D eigenvalue weighted by Crippen LogP contribution is 2.25. The van der Waals surface area contributed by atoms with E-state index in [0.717, 1.165) is 0 Å². The van der Waals surface area contributed by atoms with Crippen LogP contribution in [-0.4, -0.2) is 29.9 Å². The van der Waals surface area contributed by atoms with Crippen molar-refractivity contribution in [1.29, 1.82) is 0 Å².